The molecule has 0 aromatic heterocycles. The molecular formula is C18H7F3N2O4S. The van der Waals surface area contributed by atoms with Crippen LogP contribution in [0.5, 0.6) is 11.5 Å². The Labute approximate surface area is 156 Å². The van der Waals surface area contributed by atoms with Gasteiger partial charge in [-0.2, -0.15) is 23.3 Å². The van der Waals surface area contributed by atoms with Crippen LogP contribution in [0, 0.1) is 40.1 Å². The van der Waals surface area contributed by atoms with Gasteiger partial charge >= 0.3 is 0 Å². The summed E-state index contributed by atoms with van der Waals surface area (Å²) in [6.07, 6.45) is 0. The minimum atomic E-state index is -4.70. The fourth-order valence-electron chi connectivity index (χ4n) is 2.53. The van der Waals surface area contributed by atoms with Crippen LogP contribution in [0.3, 0.4) is 0 Å². The van der Waals surface area contributed by atoms with Gasteiger partial charge in [-0.3, -0.25) is 4.55 Å². The average Bonchev–Trinajstić information content (AvgIpc) is 2.66. The van der Waals surface area contributed by atoms with Crippen LogP contribution in [-0.4, -0.2) is 13.0 Å². The number of ether oxygens (including phenoxy) is 1. The Morgan fingerprint density at radius 1 is 0.929 bits per heavy atom. The number of benzene rings is 3. The molecule has 0 aliphatic carbocycles. The van der Waals surface area contributed by atoms with E-state index < -0.39 is 55.1 Å². The van der Waals surface area contributed by atoms with Crippen molar-refractivity contribution in [1.29, 1.82) is 10.5 Å². The first-order valence-corrected chi connectivity index (χ1v) is 8.81. The second-order valence-electron chi connectivity index (χ2n) is 5.46. The molecule has 1 N–H and O–H groups in total. The SMILES string of the molecule is N#Cc1c(F)c(F)c(Oc2cc(S(=O)(=O)O)cc3ccccc23)c(F)c1C#N. The van der Waals surface area contributed by atoms with Gasteiger partial charge in [0.15, 0.2) is 11.6 Å². The first-order chi connectivity index (χ1) is 13.2. The van der Waals surface area contributed by atoms with Crippen molar-refractivity contribution in [3.63, 3.8) is 0 Å². The fraction of sp³-hybridized carbons (Fsp3) is 0. The summed E-state index contributed by atoms with van der Waals surface area (Å²) in [5.74, 6) is -7.03. The molecule has 0 saturated heterocycles. The van der Waals surface area contributed by atoms with E-state index in [1.807, 2.05) is 0 Å². The molecule has 0 fully saturated rings. The Bertz CT molecular complexity index is 1330. The van der Waals surface area contributed by atoms with Gasteiger partial charge in [-0.1, -0.05) is 24.3 Å². The van der Waals surface area contributed by atoms with Crippen molar-refractivity contribution >= 4 is 20.9 Å². The van der Waals surface area contributed by atoms with Crippen molar-refractivity contribution in [3.8, 4) is 23.6 Å². The third kappa shape index (κ3) is 3.11. The molecule has 10 heteroatoms. The largest absolute Gasteiger partial charge is 0.450 e. The van der Waals surface area contributed by atoms with Gasteiger partial charge in [0.2, 0.25) is 11.6 Å². The molecule has 0 spiro atoms. The first kappa shape index (κ1) is 19.2. The number of nitrogens with zero attached hydrogens (tertiary/aromatic N) is 2. The Morgan fingerprint density at radius 3 is 2.14 bits per heavy atom. The van der Waals surface area contributed by atoms with Gasteiger partial charge in [-0.15, -0.1) is 0 Å². The topological polar surface area (TPSA) is 111 Å². The monoisotopic (exact) mass is 404 g/mol. The molecule has 0 radical (unpaired) electrons. The molecule has 6 nitrogen and oxygen atoms in total. The second-order valence-corrected chi connectivity index (χ2v) is 6.89. The highest BCUT2D eigenvalue weighted by Gasteiger charge is 2.27. The van der Waals surface area contributed by atoms with Crippen LogP contribution >= 0.6 is 0 Å². The summed E-state index contributed by atoms with van der Waals surface area (Å²) in [6.45, 7) is 0. The van der Waals surface area contributed by atoms with Crippen molar-refractivity contribution < 1.29 is 30.9 Å². The first-order valence-electron chi connectivity index (χ1n) is 7.37. The van der Waals surface area contributed by atoms with Gasteiger partial charge < -0.3 is 4.74 Å². The molecule has 0 heterocycles. The third-order valence-corrected chi connectivity index (χ3v) is 4.64. The van der Waals surface area contributed by atoms with Gasteiger partial charge in [-0.05, 0) is 11.5 Å². The number of fused-ring (bicyclic) bond motifs is 1. The summed E-state index contributed by atoms with van der Waals surface area (Å²) in [6, 6.07) is 10.3. The lowest BCUT2D eigenvalue weighted by atomic mass is 10.1. The molecule has 3 aromatic carbocycles. The van der Waals surface area contributed by atoms with Crippen LogP contribution in [0.25, 0.3) is 10.8 Å². The van der Waals surface area contributed by atoms with Gasteiger partial charge in [0, 0.05) is 11.5 Å². The molecule has 0 saturated carbocycles. The van der Waals surface area contributed by atoms with Crippen LogP contribution < -0.4 is 4.74 Å². The van der Waals surface area contributed by atoms with Crippen LogP contribution in [0.1, 0.15) is 11.1 Å². The highest BCUT2D eigenvalue weighted by atomic mass is 32.2. The molecule has 0 unspecified atom stereocenters. The van der Waals surface area contributed by atoms with E-state index in [1.165, 1.54) is 36.4 Å². The van der Waals surface area contributed by atoms with E-state index in [-0.39, 0.29) is 10.8 Å². The van der Waals surface area contributed by atoms with Crippen molar-refractivity contribution in [2.75, 3.05) is 0 Å². The van der Waals surface area contributed by atoms with Crippen molar-refractivity contribution in [3.05, 3.63) is 65.0 Å². The zero-order chi connectivity index (χ0) is 20.6. The molecule has 3 rings (SSSR count). The minimum Gasteiger partial charge on any atom is -0.450 e. The van der Waals surface area contributed by atoms with E-state index in [0.717, 1.165) is 12.1 Å². The Morgan fingerprint density at radius 2 is 1.54 bits per heavy atom. The van der Waals surface area contributed by atoms with Gasteiger partial charge in [0.05, 0.1) is 4.90 Å². The predicted molar refractivity (Wildman–Crippen MR) is 89.6 cm³/mol. The summed E-state index contributed by atoms with van der Waals surface area (Å²) < 4.78 is 80.1. The summed E-state index contributed by atoms with van der Waals surface area (Å²) in [5.41, 5.74) is -2.19. The maximum Gasteiger partial charge on any atom is 0.294 e. The van der Waals surface area contributed by atoms with E-state index in [0.29, 0.717) is 0 Å². The van der Waals surface area contributed by atoms with Gasteiger partial charge in [0.25, 0.3) is 10.1 Å². The zero-order valence-electron chi connectivity index (χ0n) is 13.6. The molecule has 0 amide bonds. The summed E-state index contributed by atoms with van der Waals surface area (Å²) in [4.78, 5) is -0.628. The van der Waals surface area contributed by atoms with Crippen molar-refractivity contribution in [2.24, 2.45) is 0 Å². The highest BCUT2D eigenvalue weighted by molar-refractivity contribution is 7.85. The molecule has 0 atom stereocenters. The average molecular weight is 404 g/mol. The summed E-state index contributed by atoms with van der Waals surface area (Å²) in [5, 5.41) is 18.2. The summed E-state index contributed by atoms with van der Waals surface area (Å²) in [7, 11) is -4.70. The van der Waals surface area contributed by atoms with E-state index >= 15 is 0 Å². The zero-order valence-corrected chi connectivity index (χ0v) is 14.4. The second kappa shape index (κ2) is 6.85. The van der Waals surface area contributed by atoms with Crippen molar-refractivity contribution in [1.82, 2.24) is 0 Å². The number of hydrogen-bond acceptors (Lipinski definition) is 5. The number of halogens is 3. The molecule has 0 aliphatic heterocycles. The standard InChI is InChI=1S/C18H7F3N2O4S/c19-15-12(7-22)13(8-23)16(20)18(17(15)21)27-14-6-10(28(24,25)26)5-9-3-1-2-4-11(9)14/h1-6H,(H,24,25,26). The smallest absolute Gasteiger partial charge is 0.294 e. The Balaban J connectivity index is 2.32. The number of rotatable bonds is 3. The number of hydrogen-bond donors (Lipinski definition) is 1. The van der Waals surface area contributed by atoms with Crippen LogP contribution in [-0.2, 0) is 10.1 Å². The lowest BCUT2D eigenvalue weighted by Crippen LogP contribution is -2.05. The van der Waals surface area contributed by atoms with E-state index in [2.05, 4.69) is 0 Å². The Kier molecular flexibility index (Phi) is 4.69. The van der Waals surface area contributed by atoms with Crippen LogP contribution in [0.2, 0.25) is 0 Å². The molecule has 0 aliphatic rings. The van der Waals surface area contributed by atoms with Gasteiger partial charge in [-0.25, -0.2) is 8.78 Å². The predicted octanol–water partition coefficient (Wildman–Crippen LogP) is 4.04. The maximum absolute atomic E-state index is 14.5. The number of nitriles is 2. The quantitative estimate of drug-likeness (QED) is 0.521. The maximum atomic E-state index is 14.5. The minimum absolute atomic E-state index is 0.192. The van der Waals surface area contributed by atoms with E-state index in [1.54, 1.807) is 0 Å². The molecule has 3 aromatic rings. The lowest BCUT2D eigenvalue weighted by Gasteiger charge is -2.13. The highest BCUT2D eigenvalue weighted by Crippen LogP contribution is 2.37. The normalized spacial score (nSPS) is 11.1. The van der Waals surface area contributed by atoms with E-state index in [9.17, 15) is 26.1 Å². The lowest BCUT2D eigenvalue weighted by molar-refractivity contribution is 0.386. The third-order valence-electron chi connectivity index (χ3n) is 3.81. The van der Waals surface area contributed by atoms with Crippen LogP contribution in [0.4, 0.5) is 13.2 Å². The molecule has 0 bridgehead atoms. The van der Waals surface area contributed by atoms with Crippen molar-refractivity contribution in [2.45, 2.75) is 4.90 Å². The molecule has 28 heavy (non-hydrogen) atoms. The fourth-order valence-corrected chi connectivity index (χ4v) is 3.06. The molecule has 140 valence electrons. The van der Waals surface area contributed by atoms with E-state index in [4.69, 9.17) is 15.3 Å². The summed E-state index contributed by atoms with van der Waals surface area (Å²) >= 11 is 0. The van der Waals surface area contributed by atoms with Gasteiger partial charge in [0.1, 0.15) is 29.0 Å². The Hall–Kier alpha value is -3.60. The molecular weight excluding hydrogens is 397 g/mol. The van der Waals surface area contributed by atoms with Crippen LogP contribution in [0.15, 0.2) is 41.3 Å².